The molecule has 0 spiro atoms. The summed E-state index contributed by atoms with van der Waals surface area (Å²) in [5, 5.41) is 6.59. The molecule has 3 heteroatoms. The quantitative estimate of drug-likeness (QED) is 0.170. The summed E-state index contributed by atoms with van der Waals surface area (Å²) in [4.78, 5) is 0. The molecule has 6 aromatic rings. The van der Waals surface area contributed by atoms with Crippen molar-refractivity contribution in [3.05, 3.63) is 178 Å². The predicted molar refractivity (Wildman–Crippen MR) is 170 cm³/mol. The molecule has 40 heavy (non-hydrogen) atoms. The molecule has 0 aliphatic heterocycles. The molecule has 0 heterocycles. The minimum Gasteiger partial charge on any atom is -0.126 e. The summed E-state index contributed by atoms with van der Waals surface area (Å²) >= 11 is 13.4. The van der Waals surface area contributed by atoms with Gasteiger partial charge in [0.1, 0.15) is 0 Å². The van der Waals surface area contributed by atoms with E-state index in [2.05, 4.69) is 121 Å². The molecule has 0 amide bonds. The third-order valence-corrected chi connectivity index (χ3v) is 8.82. The standard InChI is InChI=1S/C13H9.C13H10.C11H7Cl2.Zr/c1-3-7-12-10(5-1)9-11-6-2-4-8-13(11)12;1-3-7-12(8-4-1)11-13-9-5-2-6-10-13;12-10-7-3-6-9(11(10)13)8-4-1-2-5-8;/h1-9H;1-10H;1,3-4,6-7H,2H2;/q-1;;-1;+2. The molecule has 0 unspecified atom stereocenters. The number of allylic oxidation sites excluding steroid dienone is 4. The van der Waals surface area contributed by atoms with Crippen LogP contribution in [0.5, 0.6) is 0 Å². The summed E-state index contributed by atoms with van der Waals surface area (Å²) < 4.78 is 1.42. The van der Waals surface area contributed by atoms with Gasteiger partial charge in [0.05, 0.1) is 0 Å². The van der Waals surface area contributed by atoms with E-state index >= 15 is 0 Å². The smallest absolute Gasteiger partial charge is 0.0771 e. The fraction of sp³-hybridized carbons (Fsp3) is 0.0270. The van der Waals surface area contributed by atoms with Crippen LogP contribution in [0.2, 0.25) is 10.0 Å². The van der Waals surface area contributed by atoms with E-state index in [4.69, 9.17) is 23.2 Å². The van der Waals surface area contributed by atoms with Gasteiger partial charge in [0.15, 0.2) is 0 Å². The number of hydrogen-bond acceptors (Lipinski definition) is 0. The monoisotopic (exact) mass is 630 g/mol. The summed E-state index contributed by atoms with van der Waals surface area (Å²) in [5.41, 5.74) is 4.66. The second-order valence-electron chi connectivity index (χ2n) is 9.22. The minimum atomic E-state index is 0.591. The second-order valence-corrected chi connectivity index (χ2v) is 11.2. The average molecular weight is 633 g/mol. The van der Waals surface area contributed by atoms with Gasteiger partial charge in [-0.05, 0) is 6.07 Å². The van der Waals surface area contributed by atoms with E-state index in [9.17, 15) is 0 Å². The zero-order chi connectivity index (χ0) is 27.7. The molecule has 0 bridgehead atoms. The molecule has 0 nitrogen and oxygen atoms in total. The maximum absolute atomic E-state index is 6.05. The van der Waals surface area contributed by atoms with Crippen molar-refractivity contribution in [2.75, 3.05) is 0 Å². The third-order valence-electron chi connectivity index (χ3n) is 6.58. The number of halogens is 2. The van der Waals surface area contributed by atoms with Crippen LogP contribution in [0.25, 0.3) is 27.1 Å². The molecule has 6 aromatic carbocycles. The number of fused-ring (bicyclic) bond motifs is 3. The van der Waals surface area contributed by atoms with Crippen molar-refractivity contribution in [3.8, 4) is 0 Å². The Morgan fingerprint density at radius 2 is 1.15 bits per heavy atom. The first-order valence-electron chi connectivity index (χ1n) is 13.1. The SMILES string of the molecule is Clc1cccc(C2=[C-]CC=C2)c1Cl.[Zr+2]=[C](c1ccccc1)c1ccccc1.c1ccc2c(c1)[cH-]c1ccccc12. The summed E-state index contributed by atoms with van der Waals surface area (Å²) in [7, 11) is 0. The molecule has 0 saturated heterocycles. The molecule has 7 rings (SSSR count). The van der Waals surface area contributed by atoms with Gasteiger partial charge in [-0.1, -0.05) is 72.1 Å². The zero-order valence-electron chi connectivity index (χ0n) is 21.8. The van der Waals surface area contributed by atoms with Gasteiger partial charge in [-0.3, -0.25) is 0 Å². The van der Waals surface area contributed by atoms with Gasteiger partial charge in [0, 0.05) is 10.0 Å². The van der Waals surface area contributed by atoms with E-state index in [-0.39, 0.29) is 0 Å². The van der Waals surface area contributed by atoms with Crippen LogP contribution >= 0.6 is 23.2 Å². The van der Waals surface area contributed by atoms with Gasteiger partial charge in [-0.25, -0.2) is 0 Å². The van der Waals surface area contributed by atoms with Crippen LogP contribution in [0.3, 0.4) is 0 Å². The topological polar surface area (TPSA) is 0 Å². The van der Waals surface area contributed by atoms with E-state index in [0.29, 0.717) is 10.0 Å². The van der Waals surface area contributed by atoms with Crippen molar-refractivity contribution in [1.82, 2.24) is 0 Å². The largest absolute Gasteiger partial charge is 0.126 e. The predicted octanol–water partition coefficient (Wildman–Crippen LogP) is 10.7. The van der Waals surface area contributed by atoms with Gasteiger partial charge in [0.25, 0.3) is 0 Å². The maximum Gasteiger partial charge on any atom is -0.0771 e. The first kappa shape index (κ1) is 28.3. The number of rotatable bonds is 3. The van der Waals surface area contributed by atoms with Crippen molar-refractivity contribution in [2.45, 2.75) is 6.42 Å². The molecule has 0 saturated carbocycles. The van der Waals surface area contributed by atoms with E-state index < -0.39 is 0 Å². The number of hydrogen-bond donors (Lipinski definition) is 0. The van der Waals surface area contributed by atoms with Crippen molar-refractivity contribution in [1.29, 1.82) is 0 Å². The van der Waals surface area contributed by atoms with E-state index in [1.165, 1.54) is 60.1 Å². The van der Waals surface area contributed by atoms with Crippen molar-refractivity contribution in [2.24, 2.45) is 0 Å². The van der Waals surface area contributed by atoms with E-state index in [0.717, 1.165) is 17.6 Å². The van der Waals surface area contributed by atoms with Crippen LogP contribution in [0.1, 0.15) is 23.1 Å². The molecule has 0 fully saturated rings. The van der Waals surface area contributed by atoms with Crippen molar-refractivity contribution >= 4 is 53.5 Å². The molecule has 0 radical (unpaired) electrons. The molecule has 0 atom stereocenters. The Balaban J connectivity index is 0.000000121. The van der Waals surface area contributed by atoms with E-state index in [1.54, 1.807) is 6.07 Å². The van der Waals surface area contributed by atoms with Gasteiger partial charge >= 0.3 is 99.2 Å². The summed E-state index contributed by atoms with van der Waals surface area (Å²) in [5.74, 6) is 0. The summed E-state index contributed by atoms with van der Waals surface area (Å²) in [6.07, 6.45) is 8.12. The van der Waals surface area contributed by atoms with Gasteiger partial charge in [-0.15, -0.1) is 57.4 Å². The average Bonchev–Trinajstić information content (AvgIpc) is 3.68. The Morgan fingerprint density at radius 1 is 0.625 bits per heavy atom. The van der Waals surface area contributed by atoms with E-state index in [1.807, 2.05) is 24.3 Å². The summed E-state index contributed by atoms with van der Waals surface area (Å²) in [6.45, 7) is 0. The first-order chi connectivity index (χ1) is 19.6. The van der Waals surface area contributed by atoms with Crippen molar-refractivity contribution in [3.63, 3.8) is 0 Å². The Kier molecular flexibility index (Phi) is 9.85. The minimum absolute atomic E-state index is 0.591. The number of benzene rings is 5. The Hall–Kier alpha value is -3.22. The molecule has 192 valence electrons. The van der Waals surface area contributed by atoms with Gasteiger partial charge < -0.3 is 0 Å². The van der Waals surface area contributed by atoms with Crippen LogP contribution in [0, 0.1) is 6.08 Å². The van der Waals surface area contributed by atoms with Crippen molar-refractivity contribution < 1.29 is 24.2 Å². The normalized spacial score (nSPS) is 11.8. The van der Waals surface area contributed by atoms with Crippen LogP contribution in [0.15, 0.2) is 146 Å². The molecule has 1 aliphatic carbocycles. The Morgan fingerprint density at radius 3 is 1.68 bits per heavy atom. The summed E-state index contributed by atoms with van der Waals surface area (Å²) in [6, 6.07) is 46.0. The van der Waals surface area contributed by atoms with Gasteiger partial charge in [0.2, 0.25) is 0 Å². The molecular formula is C37H26Cl2Zr. The fourth-order valence-corrected chi connectivity index (χ4v) is 5.80. The molecular weight excluding hydrogens is 607 g/mol. The second kappa shape index (κ2) is 13.9. The fourth-order valence-electron chi connectivity index (χ4n) is 4.58. The Labute approximate surface area is 260 Å². The van der Waals surface area contributed by atoms with Crippen LogP contribution in [-0.2, 0) is 24.2 Å². The van der Waals surface area contributed by atoms with Gasteiger partial charge in [-0.2, -0.15) is 17.7 Å². The Bertz CT molecular complexity index is 1700. The third kappa shape index (κ3) is 6.91. The van der Waals surface area contributed by atoms with Crippen LogP contribution < -0.4 is 0 Å². The molecule has 1 aliphatic rings. The maximum atomic E-state index is 6.05. The van der Waals surface area contributed by atoms with Crippen LogP contribution in [-0.4, -0.2) is 3.21 Å². The van der Waals surface area contributed by atoms with Crippen LogP contribution in [0.4, 0.5) is 0 Å². The first-order valence-corrected chi connectivity index (χ1v) is 15.0. The molecule has 0 N–H and O–H groups in total. The zero-order valence-corrected chi connectivity index (χ0v) is 25.8. The molecule has 0 aromatic heterocycles.